The van der Waals surface area contributed by atoms with Crippen LogP contribution < -0.4 is 0 Å². The van der Waals surface area contributed by atoms with Gasteiger partial charge in [0.15, 0.2) is 0 Å². The molecule has 2 aliphatic rings. The van der Waals surface area contributed by atoms with Gasteiger partial charge in [0.25, 0.3) is 0 Å². The Kier molecular flexibility index (Phi) is 5.83. The molecule has 0 spiro atoms. The van der Waals surface area contributed by atoms with Crippen molar-refractivity contribution in [3.05, 3.63) is 0 Å². The van der Waals surface area contributed by atoms with Gasteiger partial charge >= 0.3 is 5.97 Å². The highest BCUT2D eigenvalue weighted by molar-refractivity contribution is 5.78. The van der Waals surface area contributed by atoms with Gasteiger partial charge in [-0.2, -0.15) is 0 Å². The summed E-state index contributed by atoms with van der Waals surface area (Å²) >= 11 is 0. The summed E-state index contributed by atoms with van der Waals surface area (Å²) in [4.78, 5) is 25.1. The molecular weight excluding hydrogens is 258 g/mol. The van der Waals surface area contributed by atoms with Gasteiger partial charge in [-0.3, -0.25) is 9.59 Å². The smallest absolute Gasteiger partial charge is 0.305 e. The lowest BCUT2D eigenvalue weighted by molar-refractivity contribution is -0.146. The van der Waals surface area contributed by atoms with Crippen LogP contribution in [0.15, 0.2) is 0 Å². The number of aliphatic carboxylic acids is 1. The van der Waals surface area contributed by atoms with Crippen LogP contribution in [0.1, 0.15) is 51.4 Å². The van der Waals surface area contributed by atoms with Gasteiger partial charge in [-0.15, -0.1) is 0 Å². The topological polar surface area (TPSA) is 66.8 Å². The summed E-state index contributed by atoms with van der Waals surface area (Å²) in [6.07, 6.45) is 7.85. The summed E-state index contributed by atoms with van der Waals surface area (Å²) < 4.78 is 5.32. The lowest BCUT2D eigenvalue weighted by Gasteiger charge is -2.35. The Morgan fingerprint density at radius 3 is 2.45 bits per heavy atom. The maximum Gasteiger partial charge on any atom is 0.305 e. The first kappa shape index (κ1) is 15.3. The van der Waals surface area contributed by atoms with Gasteiger partial charge in [-0.1, -0.05) is 25.7 Å². The second-order valence-corrected chi connectivity index (χ2v) is 5.98. The predicted molar refractivity (Wildman–Crippen MR) is 74.4 cm³/mol. The predicted octanol–water partition coefficient (Wildman–Crippen LogP) is 2.05. The molecule has 1 heterocycles. The van der Waals surface area contributed by atoms with Crippen molar-refractivity contribution in [3.63, 3.8) is 0 Å². The van der Waals surface area contributed by atoms with Crippen molar-refractivity contribution >= 4 is 11.9 Å². The van der Waals surface area contributed by atoms with Crippen LogP contribution in [0.5, 0.6) is 0 Å². The Labute approximate surface area is 120 Å². The number of nitrogens with zero attached hydrogens (tertiary/aromatic N) is 1. The molecule has 5 heteroatoms. The van der Waals surface area contributed by atoms with Crippen molar-refractivity contribution in [1.29, 1.82) is 0 Å². The molecule has 20 heavy (non-hydrogen) atoms. The van der Waals surface area contributed by atoms with Crippen LogP contribution in [0, 0.1) is 5.92 Å². The van der Waals surface area contributed by atoms with Crippen molar-refractivity contribution in [3.8, 4) is 0 Å². The molecule has 1 N–H and O–H groups in total. The van der Waals surface area contributed by atoms with Crippen LogP contribution in [0.25, 0.3) is 0 Å². The molecule has 1 saturated heterocycles. The van der Waals surface area contributed by atoms with Gasteiger partial charge in [0.05, 0.1) is 25.7 Å². The van der Waals surface area contributed by atoms with Gasteiger partial charge in [-0.25, -0.2) is 0 Å². The third-order valence-electron chi connectivity index (χ3n) is 4.40. The number of carbonyl (C=O) groups excluding carboxylic acids is 1. The SMILES string of the molecule is O=C(O)CC1COCCN1C(=O)CC1CCCCCC1. The van der Waals surface area contributed by atoms with E-state index in [0.29, 0.717) is 32.1 Å². The van der Waals surface area contributed by atoms with Crippen molar-refractivity contribution < 1.29 is 19.4 Å². The van der Waals surface area contributed by atoms with Gasteiger partial charge in [0.2, 0.25) is 5.91 Å². The van der Waals surface area contributed by atoms with Crippen LogP contribution in [0.2, 0.25) is 0 Å². The van der Waals surface area contributed by atoms with Crippen molar-refractivity contribution in [1.82, 2.24) is 4.90 Å². The third-order valence-corrected chi connectivity index (χ3v) is 4.40. The minimum absolute atomic E-state index is 0.0175. The molecule has 0 aromatic carbocycles. The van der Waals surface area contributed by atoms with Gasteiger partial charge in [0, 0.05) is 13.0 Å². The maximum absolute atomic E-state index is 12.4. The van der Waals surface area contributed by atoms with E-state index < -0.39 is 5.97 Å². The molecule has 0 radical (unpaired) electrons. The van der Waals surface area contributed by atoms with Crippen LogP contribution >= 0.6 is 0 Å². The maximum atomic E-state index is 12.4. The summed E-state index contributed by atoms with van der Waals surface area (Å²) in [5.74, 6) is -0.266. The van der Waals surface area contributed by atoms with E-state index in [2.05, 4.69) is 0 Å². The summed E-state index contributed by atoms with van der Waals surface area (Å²) in [6, 6.07) is -0.292. The molecule has 1 amide bonds. The molecule has 1 aliphatic heterocycles. The number of hydrogen-bond donors (Lipinski definition) is 1. The number of morpholine rings is 1. The fourth-order valence-electron chi connectivity index (χ4n) is 3.29. The molecule has 2 rings (SSSR count). The Morgan fingerprint density at radius 1 is 1.10 bits per heavy atom. The van der Waals surface area contributed by atoms with E-state index in [0.717, 1.165) is 12.8 Å². The van der Waals surface area contributed by atoms with Gasteiger partial charge in [0.1, 0.15) is 0 Å². The monoisotopic (exact) mass is 283 g/mol. The molecule has 0 aromatic heterocycles. The number of rotatable bonds is 4. The lowest BCUT2D eigenvalue weighted by atomic mass is 9.95. The zero-order chi connectivity index (χ0) is 14.4. The summed E-state index contributed by atoms with van der Waals surface area (Å²) in [5, 5.41) is 8.93. The van der Waals surface area contributed by atoms with Gasteiger partial charge < -0.3 is 14.7 Å². The fraction of sp³-hybridized carbons (Fsp3) is 0.867. The van der Waals surface area contributed by atoms with E-state index in [4.69, 9.17) is 9.84 Å². The summed E-state index contributed by atoms with van der Waals surface area (Å²) in [6.45, 7) is 1.40. The van der Waals surface area contributed by atoms with E-state index in [-0.39, 0.29) is 18.4 Å². The molecule has 5 nitrogen and oxygen atoms in total. The van der Waals surface area contributed by atoms with E-state index in [1.807, 2.05) is 0 Å². The standard InChI is InChI=1S/C15H25NO4/c17-14(9-12-5-3-1-2-4-6-12)16-7-8-20-11-13(16)10-15(18)19/h12-13H,1-11H2,(H,18,19). The highest BCUT2D eigenvalue weighted by atomic mass is 16.5. The third kappa shape index (κ3) is 4.47. The van der Waals surface area contributed by atoms with E-state index in [1.165, 1.54) is 25.7 Å². The van der Waals surface area contributed by atoms with Gasteiger partial charge in [-0.05, 0) is 18.8 Å². The molecule has 0 bridgehead atoms. The Balaban J connectivity index is 1.89. The molecule has 2 fully saturated rings. The largest absolute Gasteiger partial charge is 0.481 e. The number of carbonyl (C=O) groups is 2. The molecule has 1 saturated carbocycles. The number of carboxylic acids is 1. The zero-order valence-corrected chi connectivity index (χ0v) is 12.1. The molecule has 0 aromatic rings. The minimum atomic E-state index is -0.868. The van der Waals surface area contributed by atoms with Crippen LogP contribution in [0.4, 0.5) is 0 Å². The van der Waals surface area contributed by atoms with Crippen molar-refractivity contribution in [2.75, 3.05) is 19.8 Å². The second kappa shape index (κ2) is 7.62. The molecule has 1 atom stereocenters. The fourth-order valence-corrected chi connectivity index (χ4v) is 3.29. The number of carboxylic acid groups (broad SMARTS) is 1. The van der Waals surface area contributed by atoms with Crippen LogP contribution in [-0.4, -0.2) is 47.7 Å². The molecular formula is C15H25NO4. The quantitative estimate of drug-likeness (QED) is 0.802. The van der Waals surface area contributed by atoms with Crippen molar-refractivity contribution in [2.45, 2.75) is 57.4 Å². The number of amides is 1. The average molecular weight is 283 g/mol. The average Bonchev–Trinajstić information content (AvgIpc) is 2.67. The first-order valence-corrected chi connectivity index (χ1v) is 7.76. The summed E-state index contributed by atoms with van der Waals surface area (Å²) in [7, 11) is 0. The Hall–Kier alpha value is -1.10. The lowest BCUT2D eigenvalue weighted by Crippen LogP contribution is -2.49. The first-order chi connectivity index (χ1) is 9.66. The highest BCUT2D eigenvalue weighted by Gasteiger charge is 2.30. The Morgan fingerprint density at radius 2 is 1.80 bits per heavy atom. The van der Waals surface area contributed by atoms with E-state index in [1.54, 1.807) is 4.90 Å². The number of ether oxygens (including phenoxy) is 1. The first-order valence-electron chi connectivity index (χ1n) is 7.76. The van der Waals surface area contributed by atoms with E-state index >= 15 is 0 Å². The van der Waals surface area contributed by atoms with Crippen LogP contribution in [0.3, 0.4) is 0 Å². The van der Waals surface area contributed by atoms with E-state index in [9.17, 15) is 9.59 Å². The van der Waals surface area contributed by atoms with Crippen molar-refractivity contribution in [2.24, 2.45) is 5.92 Å². The molecule has 1 unspecified atom stereocenters. The second-order valence-electron chi connectivity index (χ2n) is 5.98. The number of hydrogen-bond acceptors (Lipinski definition) is 3. The van der Waals surface area contributed by atoms with Crippen LogP contribution in [-0.2, 0) is 14.3 Å². The minimum Gasteiger partial charge on any atom is -0.481 e. The zero-order valence-electron chi connectivity index (χ0n) is 12.1. The Bertz CT molecular complexity index is 337. The molecule has 114 valence electrons. The summed E-state index contributed by atoms with van der Waals surface area (Å²) in [5.41, 5.74) is 0. The molecule has 1 aliphatic carbocycles. The highest BCUT2D eigenvalue weighted by Crippen LogP contribution is 2.26. The normalized spacial score (nSPS) is 25.2.